The number of aryl methyl sites for hydroxylation is 1. The van der Waals surface area contributed by atoms with Crippen LogP contribution in [0.5, 0.6) is 0 Å². The number of nitrogens with one attached hydrogen (secondary N) is 3. The number of halogens is 5. The van der Waals surface area contributed by atoms with Crippen molar-refractivity contribution in [3.05, 3.63) is 75.4 Å². The summed E-state index contributed by atoms with van der Waals surface area (Å²) in [6.07, 6.45) is -4.41. The van der Waals surface area contributed by atoms with E-state index >= 15 is 0 Å². The lowest BCUT2D eigenvalue weighted by molar-refractivity contribution is -0.115. The first-order valence-electron chi connectivity index (χ1n) is 9.11. The van der Waals surface area contributed by atoms with Crippen LogP contribution in [0.1, 0.15) is 25.6 Å². The summed E-state index contributed by atoms with van der Waals surface area (Å²) in [5.41, 5.74) is 0.911. The second kappa shape index (κ2) is 9.58. The monoisotopic (exact) mass is 485 g/mol. The highest BCUT2D eigenvalue weighted by atomic mass is 35.5. The van der Waals surface area contributed by atoms with Crippen LogP contribution >= 0.6 is 22.9 Å². The molecule has 11 heteroatoms. The Bertz CT molecular complexity index is 1160. The van der Waals surface area contributed by atoms with Crippen LogP contribution in [-0.2, 0) is 0 Å². The molecule has 0 spiro atoms. The fourth-order valence-corrected chi connectivity index (χ4v) is 3.96. The van der Waals surface area contributed by atoms with Crippen LogP contribution in [0.3, 0.4) is 0 Å². The Kier molecular flexibility index (Phi) is 7.05. The van der Waals surface area contributed by atoms with E-state index in [0.717, 1.165) is 23.5 Å². The molecule has 2 aromatic carbocycles. The summed E-state index contributed by atoms with van der Waals surface area (Å²) >= 11 is 6.88. The lowest BCUT2D eigenvalue weighted by atomic mass is 10.2. The summed E-state index contributed by atoms with van der Waals surface area (Å²) in [5, 5.41) is 7.73. The van der Waals surface area contributed by atoms with Crippen LogP contribution < -0.4 is 16.0 Å². The van der Waals surface area contributed by atoms with E-state index in [1.807, 2.05) is 0 Å². The van der Waals surface area contributed by atoms with Crippen molar-refractivity contribution in [2.24, 2.45) is 0 Å². The summed E-state index contributed by atoms with van der Waals surface area (Å²) in [6, 6.07) is 10.9. The molecule has 5 nitrogen and oxygen atoms in total. The number of anilines is 3. The molecule has 0 aliphatic heterocycles. The molecule has 0 bridgehead atoms. The third kappa shape index (κ3) is 5.98. The molecule has 3 aromatic rings. The number of thiophene rings is 1. The first kappa shape index (κ1) is 23.6. The Morgan fingerprint density at radius 1 is 1.00 bits per heavy atom. The quantitative estimate of drug-likeness (QED) is 0.357. The standard InChI is InChI=1S/C21H16ClF4N3O2S/c1-11-8-17(29-19(30)13-7-6-12(23)9-14(13)22)32-18(11)20(31)28-16-5-3-2-4-15(16)27-10-21(24,25)26/h2-9,27H,10H2,1H3,(H,28,31)(H,29,30). The van der Waals surface area contributed by atoms with Gasteiger partial charge in [-0.05, 0) is 48.9 Å². The van der Waals surface area contributed by atoms with Gasteiger partial charge in [-0.25, -0.2) is 4.39 Å². The Morgan fingerprint density at radius 2 is 1.69 bits per heavy atom. The molecular formula is C21H16ClF4N3O2S. The first-order chi connectivity index (χ1) is 15.0. The highest BCUT2D eigenvalue weighted by Crippen LogP contribution is 2.30. The molecular weight excluding hydrogens is 470 g/mol. The Labute approximate surface area is 189 Å². The SMILES string of the molecule is Cc1cc(NC(=O)c2ccc(F)cc2Cl)sc1C(=O)Nc1ccccc1NCC(F)(F)F. The zero-order chi connectivity index (χ0) is 23.5. The van der Waals surface area contributed by atoms with Gasteiger partial charge in [-0.2, -0.15) is 13.2 Å². The van der Waals surface area contributed by atoms with Crippen LogP contribution in [0, 0.1) is 12.7 Å². The molecule has 0 saturated heterocycles. The highest BCUT2D eigenvalue weighted by molar-refractivity contribution is 7.18. The zero-order valence-electron chi connectivity index (χ0n) is 16.4. The van der Waals surface area contributed by atoms with Crippen molar-refractivity contribution in [2.45, 2.75) is 13.1 Å². The van der Waals surface area contributed by atoms with E-state index in [-0.39, 0.29) is 26.8 Å². The molecule has 1 heterocycles. The number of carbonyl (C=O) groups is 2. The van der Waals surface area contributed by atoms with Gasteiger partial charge >= 0.3 is 6.18 Å². The smallest absolute Gasteiger partial charge is 0.375 e. The minimum Gasteiger partial charge on any atom is -0.375 e. The minimum atomic E-state index is -4.41. The van der Waals surface area contributed by atoms with Crippen LogP contribution in [0.4, 0.5) is 33.9 Å². The van der Waals surface area contributed by atoms with Gasteiger partial charge in [0.2, 0.25) is 0 Å². The number of rotatable bonds is 6. The number of hydrogen-bond donors (Lipinski definition) is 3. The second-order valence-corrected chi connectivity index (χ2v) is 8.13. The number of amides is 2. The fourth-order valence-electron chi connectivity index (χ4n) is 2.74. The molecule has 0 aliphatic rings. The summed E-state index contributed by atoms with van der Waals surface area (Å²) < 4.78 is 50.7. The molecule has 3 N–H and O–H groups in total. The van der Waals surface area contributed by atoms with Crippen molar-refractivity contribution in [3.63, 3.8) is 0 Å². The maximum absolute atomic E-state index is 13.2. The molecule has 0 unspecified atom stereocenters. The van der Waals surface area contributed by atoms with Crippen molar-refractivity contribution in [1.82, 2.24) is 0 Å². The number of para-hydroxylation sites is 2. The molecule has 0 fully saturated rings. The number of hydrogen-bond acceptors (Lipinski definition) is 4. The predicted molar refractivity (Wildman–Crippen MR) is 117 cm³/mol. The second-order valence-electron chi connectivity index (χ2n) is 6.67. The van der Waals surface area contributed by atoms with Gasteiger partial charge in [0.1, 0.15) is 12.4 Å². The molecule has 2 amide bonds. The summed E-state index contributed by atoms with van der Waals surface area (Å²) in [7, 11) is 0. The van der Waals surface area contributed by atoms with Gasteiger partial charge in [0.05, 0.1) is 31.8 Å². The number of benzene rings is 2. The van der Waals surface area contributed by atoms with E-state index < -0.39 is 30.4 Å². The van der Waals surface area contributed by atoms with Crippen LogP contribution in [0.15, 0.2) is 48.5 Å². The van der Waals surface area contributed by atoms with Crippen molar-refractivity contribution >= 4 is 51.1 Å². The molecule has 0 atom stereocenters. The van der Waals surface area contributed by atoms with Gasteiger partial charge in [-0.15, -0.1) is 11.3 Å². The number of alkyl halides is 3. The molecule has 0 saturated carbocycles. The average Bonchev–Trinajstić information content (AvgIpc) is 3.06. The average molecular weight is 486 g/mol. The molecule has 32 heavy (non-hydrogen) atoms. The van der Waals surface area contributed by atoms with Crippen molar-refractivity contribution in [2.75, 3.05) is 22.5 Å². The van der Waals surface area contributed by atoms with Gasteiger partial charge in [0.25, 0.3) is 11.8 Å². The third-order valence-corrected chi connectivity index (χ3v) is 5.66. The lowest BCUT2D eigenvalue weighted by Crippen LogP contribution is -2.22. The van der Waals surface area contributed by atoms with Gasteiger partial charge in [-0.1, -0.05) is 23.7 Å². The summed E-state index contributed by atoms with van der Waals surface area (Å²) in [5.74, 6) is -1.71. The predicted octanol–water partition coefficient (Wildman–Crippen LogP) is 6.33. The maximum Gasteiger partial charge on any atom is 0.405 e. The normalized spacial score (nSPS) is 11.2. The summed E-state index contributed by atoms with van der Waals surface area (Å²) in [6.45, 7) is 0.403. The highest BCUT2D eigenvalue weighted by Gasteiger charge is 2.27. The molecule has 1 aromatic heterocycles. The Hall–Kier alpha value is -3.11. The van der Waals surface area contributed by atoms with E-state index in [0.29, 0.717) is 10.6 Å². The van der Waals surface area contributed by atoms with E-state index in [1.165, 1.54) is 18.2 Å². The van der Waals surface area contributed by atoms with Gasteiger partial charge in [0.15, 0.2) is 0 Å². The Morgan fingerprint density at radius 3 is 2.34 bits per heavy atom. The fraction of sp³-hybridized carbons (Fsp3) is 0.143. The maximum atomic E-state index is 13.2. The zero-order valence-corrected chi connectivity index (χ0v) is 18.0. The van der Waals surface area contributed by atoms with Crippen LogP contribution in [0.2, 0.25) is 5.02 Å². The van der Waals surface area contributed by atoms with E-state index in [2.05, 4.69) is 16.0 Å². The molecule has 0 radical (unpaired) electrons. The van der Waals surface area contributed by atoms with Crippen molar-refractivity contribution in [1.29, 1.82) is 0 Å². The number of carbonyl (C=O) groups excluding carboxylic acids is 2. The minimum absolute atomic E-state index is 0.0586. The topological polar surface area (TPSA) is 70.2 Å². The van der Waals surface area contributed by atoms with Crippen LogP contribution in [0.25, 0.3) is 0 Å². The van der Waals surface area contributed by atoms with Gasteiger partial charge < -0.3 is 16.0 Å². The third-order valence-electron chi connectivity index (χ3n) is 4.19. The molecule has 168 valence electrons. The van der Waals surface area contributed by atoms with Gasteiger partial charge in [0, 0.05) is 0 Å². The van der Waals surface area contributed by atoms with Gasteiger partial charge in [-0.3, -0.25) is 9.59 Å². The van der Waals surface area contributed by atoms with Crippen LogP contribution in [-0.4, -0.2) is 24.5 Å². The lowest BCUT2D eigenvalue weighted by Gasteiger charge is -2.14. The first-order valence-corrected chi connectivity index (χ1v) is 10.3. The van der Waals surface area contributed by atoms with E-state index in [1.54, 1.807) is 25.1 Å². The van der Waals surface area contributed by atoms with E-state index in [4.69, 9.17) is 11.6 Å². The molecule has 0 aliphatic carbocycles. The van der Waals surface area contributed by atoms with E-state index in [9.17, 15) is 27.2 Å². The largest absolute Gasteiger partial charge is 0.405 e. The van der Waals surface area contributed by atoms with Crippen molar-refractivity contribution < 1.29 is 27.2 Å². The Balaban J connectivity index is 1.74. The molecule has 3 rings (SSSR count). The van der Waals surface area contributed by atoms with Crippen molar-refractivity contribution in [3.8, 4) is 0 Å². The summed E-state index contributed by atoms with van der Waals surface area (Å²) in [4.78, 5) is 25.4.